The lowest BCUT2D eigenvalue weighted by atomic mass is 9.73. The van der Waals surface area contributed by atoms with Crippen molar-refractivity contribution in [3.05, 3.63) is 0 Å². The molecule has 1 heteroatoms. The lowest BCUT2D eigenvalue weighted by Gasteiger charge is -2.34. The molecule has 2 aliphatic carbocycles. The van der Waals surface area contributed by atoms with E-state index in [4.69, 9.17) is 0 Å². The molecule has 0 aliphatic heterocycles. The summed E-state index contributed by atoms with van der Waals surface area (Å²) in [5.41, 5.74) is 0. The molecule has 0 aromatic heterocycles. The van der Waals surface area contributed by atoms with E-state index in [1.54, 1.807) is 0 Å². The van der Waals surface area contributed by atoms with Crippen molar-refractivity contribution in [1.82, 2.24) is 0 Å². The SMILES string of the molecule is CC1CCC(CCC2C(C)CCCC2F)CC1. The van der Waals surface area contributed by atoms with Crippen molar-refractivity contribution in [3.63, 3.8) is 0 Å². The van der Waals surface area contributed by atoms with Crippen LogP contribution >= 0.6 is 0 Å². The highest BCUT2D eigenvalue weighted by molar-refractivity contribution is 4.81. The topological polar surface area (TPSA) is 0 Å². The van der Waals surface area contributed by atoms with Gasteiger partial charge in [-0.05, 0) is 36.5 Å². The lowest BCUT2D eigenvalue weighted by Crippen LogP contribution is -2.28. The van der Waals surface area contributed by atoms with Crippen LogP contribution in [-0.4, -0.2) is 6.17 Å². The summed E-state index contributed by atoms with van der Waals surface area (Å²) in [4.78, 5) is 0. The van der Waals surface area contributed by atoms with Crippen molar-refractivity contribution in [3.8, 4) is 0 Å². The van der Waals surface area contributed by atoms with Crippen molar-refractivity contribution in [1.29, 1.82) is 0 Å². The molecule has 0 N–H and O–H groups in total. The number of hydrogen-bond acceptors (Lipinski definition) is 0. The number of alkyl halides is 1. The molecule has 0 aromatic rings. The molecule has 0 radical (unpaired) electrons. The minimum absolute atomic E-state index is 0.378. The van der Waals surface area contributed by atoms with E-state index in [1.807, 2.05) is 0 Å². The lowest BCUT2D eigenvalue weighted by molar-refractivity contribution is 0.0985. The maximum atomic E-state index is 13.9. The van der Waals surface area contributed by atoms with Crippen LogP contribution in [0.3, 0.4) is 0 Å². The van der Waals surface area contributed by atoms with Crippen LogP contribution in [0, 0.1) is 23.7 Å². The van der Waals surface area contributed by atoms with Gasteiger partial charge >= 0.3 is 0 Å². The summed E-state index contributed by atoms with van der Waals surface area (Å²) in [5, 5.41) is 0. The Kier molecular flexibility index (Phi) is 4.87. The Bertz CT molecular complexity index is 208. The molecule has 0 nitrogen and oxygen atoms in total. The molecule has 0 heterocycles. The second-order valence-corrected chi connectivity index (χ2v) is 6.79. The maximum absolute atomic E-state index is 13.9. The van der Waals surface area contributed by atoms with Gasteiger partial charge in [0, 0.05) is 0 Å². The predicted molar refractivity (Wildman–Crippen MR) is 71.8 cm³/mol. The van der Waals surface area contributed by atoms with E-state index in [0.717, 1.165) is 31.1 Å². The van der Waals surface area contributed by atoms with Gasteiger partial charge in [0.05, 0.1) is 0 Å². The Labute approximate surface area is 106 Å². The van der Waals surface area contributed by atoms with Crippen molar-refractivity contribution < 1.29 is 4.39 Å². The first-order valence-electron chi connectivity index (χ1n) is 7.81. The molecular formula is C16H29F. The third-order valence-electron chi connectivity index (χ3n) is 5.38. The van der Waals surface area contributed by atoms with Crippen LogP contribution < -0.4 is 0 Å². The largest absolute Gasteiger partial charge is 0.247 e. The minimum Gasteiger partial charge on any atom is -0.247 e. The fourth-order valence-corrected chi connectivity index (χ4v) is 3.93. The maximum Gasteiger partial charge on any atom is 0.103 e. The average Bonchev–Trinajstić information content (AvgIpc) is 2.31. The molecule has 2 rings (SSSR count). The van der Waals surface area contributed by atoms with Crippen LogP contribution in [0.4, 0.5) is 4.39 Å². The Balaban J connectivity index is 1.73. The zero-order chi connectivity index (χ0) is 12.3. The molecule has 2 fully saturated rings. The summed E-state index contributed by atoms with van der Waals surface area (Å²) in [6.45, 7) is 4.64. The number of hydrogen-bond donors (Lipinski definition) is 0. The third-order valence-corrected chi connectivity index (χ3v) is 5.38. The van der Waals surface area contributed by atoms with E-state index in [1.165, 1.54) is 38.5 Å². The van der Waals surface area contributed by atoms with Crippen LogP contribution in [0.1, 0.15) is 71.6 Å². The Morgan fingerprint density at radius 1 is 0.882 bits per heavy atom. The molecule has 0 amide bonds. The van der Waals surface area contributed by atoms with E-state index in [-0.39, 0.29) is 0 Å². The second kappa shape index (κ2) is 6.20. The highest BCUT2D eigenvalue weighted by atomic mass is 19.1. The first-order valence-corrected chi connectivity index (χ1v) is 7.81. The van der Waals surface area contributed by atoms with Crippen molar-refractivity contribution >= 4 is 0 Å². The van der Waals surface area contributed by atoms with Crippen LogP contribution in [0.25, 0.3) is 0 Å². The molecular weight excluding hydrogens is 211 g/mol. The highest BCUT2D eigenvalue weighted by Crippen LogP contribution is 2.38. The van der Waals surface area contributed by atoms with Crippen LogP contribution in [-0.2, 0) is 0 Å². The predicted octanol–water partition coefficient (Wildman–Crippen LogP) is 5.37. The van der Waals surface area contributed by atoms with Gasteiger partial charge in [-0.25, -0.2) is 4.39 Å². The van der Waals surface area contributed by atoms with Gasteiger partial charge in [-0.15, -0.1) is 0 Å². The Morgan fingerprint density at radius 2 is 1.59 bits per heavy atom. The van der Waals surface area contributed by atoms with E-state index in [0.29, 0.717) is 11.8 Å². The van der Waals surface area contributed by atoms with Crippen molar-refractivity contribution in [2.75, 3.05) is 0 Å². The Morgan fingerprint density at radius 3 is 2.24 bits per heavy atom. The summed E-state index contributed by atoms with van der Waals surface area (Å²) in [6, 6.07) is 0. The van der Waals surface area contributed by atoms with Gasteiger partial charge in [-0.1, -0.05) is 58.8 Å². The van der Waals surface area contributed by atoms with Gasteiger partial charge in [0.25, 0.3) is 0 Å². The summed E-state index contributed by atoms with van der Waals surface area (Å²) in [5.74, 6) is 2.85. The van der Waals surface area contributed by atoms with Gasteiger partial charge in [-0.3, -0.25) is 0 Å². The van der Waals surface area contributed by atoms with Crippen LogP contribution in [0.15, 0.2) is 0 Å². The highest BCUT2D eigenvalue weighted by Gasteiger charge is 2.31. The summed E-state index contributed by atoms with van der Waals surface area (Å²) in [7, 11) is 0. The van der Waals surface area contributed by atoms with Crippen LogP contribution in [0.2, 0.25) is 0 Å². The van der Waals surface area contributed by atoms with E-state index in [2.05, 4.69) is 13.8 Å². The zero-order valence-electron chi connectivity index (χ0n) is 11.6. The van der Waals surface area contributed by atoms with E-state index >= 15 is 0 Å². The molecule has 0 spiro atoms. The molecule has 3 atom stereocenters. The van der Waals surface area contributed by atoms with Gasteiger partial charge < -0.3 is 0 Å². The standard InChI is InChI=1S/C16H29F/c1-12-6-8-14(9-7-12)10-11-15-13(2)4-3-5-16(15)17/h12-16H,3-11H2,1-2H3. The fraction of sp³-hybridized carbons (Fsp3) is 1.00. The monoisotopic (exact) mass is 240 g/mol. The zero-order valence-corrected chi connectivity index (χ0v) is 11.6. The first kappa shape index (κ1) is 13.4. The fourth-order valence-electron chi connectivity index (χ4n) is 3.93. The molecule has 100 valence electrons. The van der Waals surface area contributed by atoms with Crippen LogP contribution in [0.5, 0.6) is 0 Å². The van der Waals surface area contributed by atoms with Gasteiger partial charge in [0.2, 0.25) is 0 Å². The second-order valence-electron chi connectivity index (χ2n) is 6.79. The quantitative estimate of drug-likeness (QED) is 0.622. The third kappa shape index (κ3) is 3.69. The molecule has 3 unspecified atom stereocenters. The molecule has 0 saturated heterocycles. The summed E-state index contributed by atoms with van der Waals surface area (Å²) >= 11 is 0. The summed E-state index contributed by atoms with van der Waals surface area (Å²) < 4.78 is 13.9. The smallest absolute Gasteiger partial charge is 0.103 e. The average molecular weight is 240 g/mol. The van der Waals surface area contributed by atoms with Crippen molar-refractivity contribution in [2.45, 2.75) is 77.8 Å². The van der Waals surface area contributed by atoms with E-state index in [9.17, 15) is 4.39 Å². The molecule has 2 saturated carbocycles. The molecule has 17 heavy (non-hydrogen) atoms. The van der Waals surface area contributed by atoms with Gasteiger partial charge in [-0.2, -0.15) is 0 Å². The number of halogens is 1. The molecule has 0 bridgehead atoms. The minimum atomic E-state index is -0.499. The number of rotatable bonds is 3. The molecule has 2 aliphatic rings. The van der Waals surface area contributed by atoms with Gasteiger partial charge in [0.15, 0.2) is 0 Å². The Hall–Kier alpha value is -0.0700. The first-order chi connectivity index (χ1) is 8.16. The molecule has 0 aromatic carbocycles. The van der Waals surface area contributed by atoms with Crippen molar-refractivity contribution in [2.24, 2.45) is 23.7 Å². The van der Waals surface area contributed by atoms with Gasteiger partial charge in [0.1, 0.15) is 6.17 Å². The summed E-state index contributed by atoms with van der Waals surface area (Å²) in [6.07, 6.45) is 10.8. The normalized spacial score (nSPS) is 43.6. The van der Waals surface area contributed by atoms with E-state index < -0.39 is 6.17 Å².